The van der Waals surface area contributed by atoms with Gasteiger partial charge >= 0.3 is 5.97 Å². The van der Waals surface area contributed by atoms with Gasteiger partial charge in [0.05, 0.1) is 37.9 Å². The average Bonchev–Trinajstić information content (AvgIpc) is 3.33. The number of ether oxygens (including phenoxy) is 1. The molecule has 0 radical (unpaired) electrons. The van der Waals surface area contributed by atoms with E-state index in [0.717, 1.165) is 12.8 Å². The summed E-state index contributed by atoms with van der Waals surface area (Å²) in [6.45, 7) is 4.83. The maximum absolute atomic E-state index is 14.3. The van der Waals surface area contributed by atoms with Crippen molar-refractivity contribution in [1.29, 1.82) is 0 Å². The number of nitrogens with zero attached hydrogens (tertiary/aromatic N) is 2. The second kappa shape index (κ2) is 12.0. The van der Waals surface area contributed by atoms with Crippen LogP contribution in [0, 0.1) is 11.6 Å². The molecule has 37 heavy (non-hydrogen) atoms. The van der Waals surface area contributed by atoms with E-state index in [1.165, 1.54) is 29.0 Å². The first-order valence-electron chi connectivity index (χ1n) is 12.1. The number of aliphatic hydroxyl groups excluding tert-OH is 1. The van der Waals surface area contributed by atoms with E-state index < -0.39 is 23.7 Å². The van der Waals surface area contributed by atoms with Gasteiger partial charge in [0.2, 0.25) is 11.8 Å². The number of nitrogen functional groups attached to an aromatic ring is 1. The number of benzene rings is 2. The monoisotopic (exact) mass is 518 g/mol. The van der Waals surface area contributed by atoms with Gasteiger partial charge in [-0.25, -0.2) is 13.6 Å². The first kappa shape index (κ1) is 27.9. The van der Waals surface area contributed by atoms with E-state index in [2.05, 4.69) is 10.1 Å². The van der Waals surface area contributed by atoms with Crippen molar-refractivity contribution in [2.24, 2.45) is 0 Å². The Bertz CT molecular complexity index is 1190. The quantitative estimate of drug-likeness (QED) is 0.363. The zero-order valence-corrected chi connectivity index (χ0v) is 21.1. The summed E-state index contributed by atoms with van der Waals surface area (Å²) in [7, 11) is 1.18. The molecule has 0 aliphatic carbocycles. The van der Waals surface area contributed by atoms with E-state index in [0.29, 0.717) is 47.0 Å². The molecule has 9 nitrogen and oxygen atoms in total. The van der Waals surface area contributed by atoms with Gasteiger partial charge in [-0.3, -0.25) is 9.59 Å². The fourth-order valence-corrected chi connectivity index (χ4v) is 4.43. The van der Waals surface area contributed by atoms with Crippen molar-refractivity contribution in [2.45, 2.75) is 45.6 Å². The van der Waals surface area contributed by atoms with Crippen LogP contribution in [0.15, 0.2) is 24.3 Å². The van der Waals surface area contributed by atoms with Crippen molar-refractivity contribution in [3.05, 3.63) is 47.0 Å². The molecule has 4 rings (SSSR count). The Hall–Kier alpha value is -3.73. The van der Waals surface area contributed by atoms with Crippen molar-refractivity contribution in [2.75, 3.05) is 47.6 Å². The minimum atomic E-state index is -1.33. The summed E-state index contributed by atoms with van der Waals surface area (Å²) >= 11 is 0. The predicted octanol–water partition coefficient (Wildman–Crippen LogP) is 2.78. The smallest absolute Gasteiger partial charge is 0.336 e. The van der Waals surface area contributed by atoms with Gasteiger partial charge in [-0.2, -0.15) is 0 Å². The van der Waals surface area contributed by atoms with Crippen molar-refractivity contribution < 1.29 is 33.0 Å². The fourth-order valence-electron chi connectivity index (χ4n) is 4.43. The number of nitrogens with one attached hydrogen (secondary N) is 1. The summed E-state index contributed by atoms with van der Waals surface area (Å²) < 4.78 is 32.3. The number of amides is 2. The SMILES string of the molecule is CCCN1C(=O)Cc2cc(N)cc(F)c21.CCCN1C(=O)Cc2cc(NC[C@@H](O)C(=O)OC)cc(F)c21. The largest absolute Gasteiger partial charge is 0.467 e. The fraction of sp³-hybridized carbons (Fsp3) is 0.423. The minimum Gasteiger partial charge on any atom is -0.467 e. The molecule has 2 aliphatic rings. The molecule has 4 N–H and O–H groups in total. The summed E-state index contributed by atoms with van der Waals surface area (Å²) in [6.07, 6.45) is 0.642. The van der Waals surface area contributed by atoms with Gasteiger partial charge in [-0.05, 0) is 48.2 Å². The highest BCUT2D eigenvalue weighted by Crippen LogP contribution is 2.35. The molecule has 0 saturated heterocycles. The molecule has 2 heterocycles. The van der Waals surface area contributed by atoms with E-state index in [-0.39, 0.29) is 31.2 Å². The third kappa shape index (κ3) is 6.16. The Morgan fingerprint density at radius 1 is 1.00 bits per heavy atom. The number of esters is 1. The van der Waals surface area contributed by atoms with E-state index in [1.54, 1.807) is 12.1 Å². The second-order valence-corrected chi connectivity index (χ2v) is 8.84. The Labute approximate surface area is 214 Å². The number of nitrogens with two attached hydrogens (primary N) is 1. The van der Waals surface area contributed by atoms with Gasteiger partial charge in [0.25, 0.3) is 0 Å². The zero-order chi connectivity index (χ0) is 27.3. The molecule has 0 fully saturated rings. The number of hydrogen-bond donors (Lipinski definition) is 3. The van der Waals surface area contributed by atoms with Crippen molar-refractivity contribution >= 4 is 40.5 Å². The molecule has 0 unspecified atom stereocenters. The molecule has 2 aromatic rings. The molecule has 0 bridgehead atoms. The van der Waals surface area contributed by atoms with E-state index in [1.807, 2.05) is 13.8 Å². The predicted molar refractivity (Wildman–Crippen MR) is 136 cm³/mol. The maximum atomic E-state index is 14.3. The maximum Gasteiger partial charge on any atom is 0.336 e. The van der Waals surface area contributed by atoms with Crippen molar-refractivity contribution in [3.63, 3.8) is 0 Å². The average molecular weight is 519 g/mol. The Balaban J connectivity index is 0.000000220. The number of hydrogen-bond acceptors (Lipinski definition) is 7. The van der Waals surface area contributed by atoms with Gasteiger partial charge in [-0.15, -0.1) is 0 Å². The molecule has 1 atom stereocenters. The molecule has 200 valence electrons. The first-order chi connectivity index (χ1) is 17.6. The molecular weight excluding hydrogens is 486 g/mol. The molecule has 0 spiro atoms. The van der Waals surface area contributed by atoms with Gasteiger partial charge in [-0.1, -0.05) is 13.8 Å². The van der Waals surface area contributed by atoms with Gasteiger partial charge in [0.15, 0.2) is 6.10 Å². The van der Waals surface area contributed by atoms with Crippen LogP contribution >= 0.6 is 0 Å². The lowest BCUT2D eigenvalue weighted by molar-refractivity contribution is -0.149. The summed E-state index contributed by atoms with van der Waals surface area (Å²) in [5.41, 5.74) is 8.35. The third-order valence-corrected chi connectivity index (χ3v) is 6.00. The molecule has 0 aromatic heterocycles. The Morgan fingerprint density at radius 3 is 2.03 bits per heavy atom. The van der Waals surface area contributed by atoms with Crippen LogP contribution in [0.1, 0.15) is 37.8 Å². The van der Waals surface area contributed by atoms with Gasteiger partial charge in [0.1, 0.15) is 11.6 Å². The number of anilines is 4. The standard InChI is InChI=1S/C15H19FN2O4.C11H13FN2O/c1-3-4-18-13(20)6-9-5-10(7-11(16)14(9)18)17-8-12(19)15(21)22-2;1-2-3-14-10(15)5-7-4-8(13)6-9(12)11(7)14/h5,7,12,17,19H,3-4,6,8H2,1-2H3;4,6H,2-3,5,13H2,1H3/t12-;/m1./s1. The van der Waals surface area contributed by atoms with E-state index in [9.17, 15) is 28.3 Å². The minimum absolute atomic E-state index is 0.0450. The van der Waals surface area contributed by atoms with Crippen LogP contribution in [0.2, 0.25) is 0 Å². The summed E-state index contributed by atoms with van der Waals surface area (Å²) in [4.78, 5) is 37.6. The number of methoxy groups -OCH3 is 1. The van der Waals surface area contributed by atoms with Crippen LogP contribution in [-0.2, 0) is 32.0 Å². The van der Waals surface area contributed by atoms with Crippen molar-refractivity contribution in [1.82, 2.24) is 0 Å². The summed E-state index contributed by atoms with van der Waals surface area (Å²) in [5, 5.41) is 12.3. The first-order valence-corrected chi connectivity index (χ1v) is 12.1. The molecule has 11 heteroatoms. The second-order valence-electron chi connectivity index (χ2n) is 8.84. The number of rotatable bonds is 8. The lowest BCUT2D eigenvalue weighted by Gasteiger charge is -2.18. The van der Waals surface area contributed by atoms with E-state index >= 15 is 0 Å². The number of carbonyl (C=O) groups excluding carboxylic acids is 3. The topological polar surface area (TPSA) is 125 Å². The van der Waals surface area contributed by atoms with Crippen molar-refractivity contribution in [3.8, 4) is 0 Å². The summed E-state index contributed by atoms with van der Waals surface area (Å²) in [6, 6.07) is 5.85. The van der Waals surface area contributed by atoms with Crippen LogP contribution in [-0.4, -0.2) is 55.7 Å². The van der Waals surface area contributed by atoms with Crippen LogP contribution in [0.4, 0.5) is 31.5 Å². The number of carbonyl (C=O) groups is 3. The van der Waals surface area contributed by atoms with Crippen LogP contribution in [0.5, 0.6) is 0 Å². The normalized spacial score (nSPS) is 14.6. The lowest BCUT2D eigenvalue weighted by atomic mass is 10.1. The van der Waals surface area contributed by atoms with Gasteiger partial charge < -0.3 is 30.7 Å². The van der Waals surface area contributed by atoms with Crippen LogP contribution in [0.25, 0.3) is 0 Å². The zero-order valence-electron chi connectivity index (χ0n) is 21.1. The number of halogens is 2. The lowest BCUT2D eigenvalue weighted by Crippen LogP contribution is -2.29. The Morgan fingerprint density at radius 2 is 1.51 bits per heavy atom. The summed E-state index contributed by atoms with van der Waals surface area (Å²) in [5.74, 6) is -1.83. The third-order valence-electron chi connectivity index (χ3n) is 6.00. The molecular formula is C26H32F2N4O5. The Kier molecular flexibility index (Phi) is 9.04. The molecule has 2 amide bonds. The van der Waals surface area contributed by atoms with Gasteiger partial charge in [0, 0.05) is 24.5 Å². The highest BCUT2D eigenvalue weighted by Gasteiger charge is 2.31. The highest BCUT2D eigenvalue weighted by atomic mass is 19.1. The number of aliphatic hydroxyl groups is 1. The van der Waals surface area contributed by atoms with E-state index in [4.69, 9.17) is 5.73 Å². The number of fused-ring (bicyclic) bond motifs is 2. The molecule has 2 aliphatic heterocycles. The highest BCUT2D eigenvalue weighted by molar-refractivity contribution is 6.02. The van der Waals surface area contributed by atoms with Crippen LogP contribution < -0.4 is 20.9 Å². The van der Waals surface area contributed by atoms with Crippen LogP contribution in [0.3, 0.4) is 0 Å². The molecule has 0 saturated carbocycles. The molecule has 2 aromatic carbocycles.